The van der Waals surface area contributed by atoms with Gasteiger partial charge in [-0.3, -0.25) is 4.79 Å². The summed E-state index contributed by atoms with van der Waals surface area (Å²) in [6, 6.07) is 8.22. The highest BCUT2D eigenvalue weighted by Gasteiger charge is 2.12. The third-order valence-electron chi connectivity index (χ3n) is 2.59. The van der Waals surface area contributed by atoms with Crippen molar-refractivity contribution >= 4 is 34.7 Å². The second-order valence-corrected chi connectivity index (χ2v) is 4.32. The number of nitrogens with zero attached hydrogens (tertiary/aromatic N) is 1. The lowest BCUT2D eigenvalue weighted by Crippen LogP contribution is -2.12. The number of rotatable bonds is 5. The number of ether oxygens (including phenoxy) is 1. The van der Waals surface area contributed by atoms with Crippen LogP contribution in [0.3, 0.4) is 0 Å². The molecule has 2 aromatic rings. The molecule has 0 fully saturated rings. The van der Waals surface area contributed by atoms with Crippen molar-refractivity contribution in [2.24, 2.45) is 10.7 Å². The van der Waals surface area contributed by atoms with Crippen molar-refractivity contribution in [1.82, 2.24) is 0 Å². The summed E-state index contributed by atoms with van der Waals surface area (Å²) in [6.45, 7) is 0. The number of carbonyl (C=O) groups excluding carboxylic acids is 1. The van der Waals surface area contributed by atoms with Gasteiger partial charge in [0.1, 0.15) is 11.6 Å². The fraction of sp³-hybridized carbons (Fsp3) is 0.143. The van der Waals surface area contributed by atoms with Gasteiger partial charge < -0.3 is 20.2 Å². The summed E-state index contributed by atoms with van der Waals surface area (Å²) in [6.07, 6.45) is 1.43. The minimum Gasteiger partial charge on any atom is -0.494 e. The van der Waals surface area contributed by atoms with Gasteiger partial charge in [-0.25, -0.2) is 4.99 Å². The van der Waals surface area contributed by atoms with Crippen LogP contribution in [0.25, 0.3) is 0 Å². The molecule has 0 saturated carbocycles. The largest absolute Gasteiger partial charge is 0.494 e. The van der Waals surface area contributed by atoms with Crippen molar-refractivity contribution in [3.05, 3.63) is 42.4 Å². The van der Waals surface area contributed by atoms with Crippen molar-refractivity contribution in [2.75, 3.05) is 18.3 Å². The first-order valence-electron chi connectivity index (χ1n) is 6.06. The second kappa shape index (κ2) is 6.81. The van der Waals surface area contributed by atoms with Gasteiger partial charge in [0.2, 0.25) is 0 Å². The molecule has 0 saturated heterocycles. The Labute approximate surface area is 126 Å². The fourth-order valence-electron chi connectivity index (χ4n) is 1.64. The van der Waals surface area contributed by atoms with Crippen LogP contribution in [0.4, 0.5) is 11.4 Å². The van der Waals surface area contributed by atoms with Crippen LogP contribution < -0.4 is 15.8 Å². The summed E-state index contributed by atoms with van der Waals surface area (Å²) in [4.78, 5) is 16.0. The maximum Gasteiger partial charge on any atom is 0.291 e. The Morgan fingerprint density at radius 2 is 2.29 bits per heavy atom. The van der Waals surface area contributed by atoms with E-state index >= 15 is 0 Å². The van der Waals surface area contributed by atoms with Crippen LogP contribution in [0.15, 0.2) is 46.0 Å². The summed E-state index contributed by atoms with van der Waals surface area (Å²) in [5, 5.41) is 2.69. The van der Waals surface area contributed by atoms with Crippen LogP contribution in [0.2, 0.25) is 0 Å². The molecule has 1 heterocycles. The van der Waals surface area contributed by atoms with E-state index in [-0.39, 0.29) is 17.5 Å². The number of nitrogens with two attached hydrogens (primary N) is 1. The quantitative estimate of drug-likeness (QED) is 0.505. The number of anilines is 1. The Kier molecular flexibility index (Phi) is 4.84. The number of hydrogen-bond donors (Lipinski definition) is 2. The van der Waals surface area contributed by atoms with E-state index < -0.39 is 0 Å². The first-order chi connectivity index (χ1) is 10.1. The van der Waals surface area contributed by atoms with Gasteiger partial charge in [0, 0.05) is 6.07 Å². The summed E-state index contributed by atoms with van der Waals surface area (Å²) in [5.41, 5.74) is 6.66. The Hall–Kier alpha value is -2.47. The first kappa shape index (κ1) is 14.9. The number of furan rings is 1. The summed E-state index contributed by atoms with van der Waals surface area (Å²) < 4.78 is 10.3. The highest BCUT2D eigenvalue weighted by molar-refractivity contribution is 6.28. The van der Waals surface area contributed by atoms with Crippen molar-refractivity contribution in [1.29, 1.82) is 0 Å². The van der Waals surface area contributed by atoms with E-state index in [1.54, 1.807) is 30.3 Å². The van der Waals surface area contributed by atoms with Crippen LogP contribution in [0, 0.1) is 0 Å². The molecule has 110 valence electrons. The van der Waals surface area contributed by atoms with E-state index in [9.17, 15) is 4.79 Å². The van der Waals surface area contributed by atoms with Crippen LogP contribution >= 0.6 is 11.6 Å². The second-order valence-electron chi connectivity index (χ2n) is 4.05. The lowest BCUT2D eigenvalue weighted by molar-refractivity contribution is 0.0996. The molecule has 0 spiro atoms. The van der Waals surface area contributed by atoms with E-state index in [0.717, 1.165) is 0 Å². The molecule has 0 aliphatic rings. The molecular formula is C14H14ClN3O3. The SMILES string of the molecule is COc1cc(N=C(N)CCl)ccc1NC(=O)c1ccco1. The van der Waals surface area contributed by atoms with Gasteiger partial charge in [-0.05, 0) is 24.3 Å². The molecule has 1 aromatic heterocycles. The predicted molar refractivity (Wildman–Crippen MR) is 81.7 cm³/mol. The monoisotopic (exact) mass is 307 g/mol. The molecule has 3 N–H and O–H groups in total. The lowest BCUT2D eigenvalue weighted by Gasteiger charge is -2.10. The third-order valence-corrected chi connectivity index (χ3v) is 2.86. The van der Waals surface area contributed by atoms with E-state index in [0.29, 0.717) is 23.0 Å². The number of amides is 1. The number of carbonyl (C=O) groups is 1. The average Bonchev–Trinajstić information content (AvgIpc) is 3.03. The third kappa shape index (κ3) is 3.76. The number of alkyl halides is 1. The molecule has 0 unspecified atom stereocenters. The molecule has 6 nitrogen and oxygen atoms in total. The number of halogens is 1. The molecular weight excluding hydrogens is 294 g/mol. The molecule has 7 heteroatoms. The Bertz CT molecular complexity index is 653. The van der Waals surface area contributed by atoms with Crippen molar-refractivity contribution in [3.8, 4) is 5.75 Å². The maximum atomic E-state index is 11.9. The molecule has 2 rings (SSSR count). The number of aliphatic imine (C=N–C) groups is 1. The van der Waals surface area contributed by atoms with E-state index in [1.165, 1.54) is 13.4 Å². The van der Waals surface area contributed by atoms with Gasteiger partial charge in [-0.15, -0.1) is 11.6 Å². The first-order valence-corrected chi connectivity index (χ1v) is 6.59. The molecule has 0 atom stereocenters. The average molecular weight is 308 g/mol. The molecule has 21 heavy (non-hydrogen) atoms. The zero-order valence-electron chi connectivity index (χ0n) is 11.3. The Morgan fingerprint density at radius 3 is 2.90 bits per heavy atom. The summed E-state index contributed by atoms with van der Waals surface area (Å²) >= 11 is 5.58. The normalized spacial score (nSPS) is 11.2. The van der Waals surface area contributed by atoms with Gasteiger partial charge in [0.05, 0.1) is 30.6 Å². The fourth-order valence-corrected chi connectivity index (χ4v) is 1.70. The topological polar surface area (TPSA) is 89.9 Å². The van der Waals surface area contributed by atoms with E-state index in [2.05, 4.69) is 10.3 Å². The number of hydrogen-bond acceptors (Lipinski definition) is 4. The molecule has 0 aliphatic carbocycles. The minimum atomic E-state index is -0.366. The zero-order valence-corrected chi connectivity index (χ0v) is 12.1. The number of methoxy groups -OCH3 is 1. The van der Waals surface area contributed by atoms with E-state index in [4.69, 9.17) is 26.5 Å². The van der Waals surface area contributed by atoms with Crippen LogP contribution in [0.1, 0.15) is 10.6 Å². The van der Waals surface area contributed by atoms with Gasteiger partial charge >= 0.3 is 0 Å². The van der Waals surface area contributed by atoms with Gasteiger partial charge in [-0.1, -0.05) is 0 Å². The molecule has 0 aliphatic heterocycles. The minimum absolute atomic E-state index is 0.138. The summed E-state index contributed by atoms with van der Waals surface area (Å²) in [5.74, 6) is 0.740. The standard InChI is InChI=1S/C14H14ClN3O3/c1-20-12-7-9(17-13(16)8-15)4-5-10(12)18-14(19)11-3-2-6-21-11/h2-7H,8H2,1H3,(H2,16,17)(H,18,19). The van der Waals surface area contributed by atoms with Crippen molar-refractivity contribution in [2.45, 2.75) is 0 Å². The molecule has 1 amide bonds. The van der Waals surface area contributed by atoms with Gasteiger partial charge in [0.15, 0.2) is 5.76 Å². The van der Waals surface area contributed by atoms with Crippen LogP contribution in [-0.2, 0) is 0 Å². The lowest BCUT2D eigenvalue weighted by atomic mass is 10.2. The van der Waals surface area contributed by atoms with Crippen LogP contribution in [-0.4, -0.2) is 24.7 Å². The Morgan fingerprint density at radius 1 is 1.48 bits per heavy atom. The van der Waals surface area contributed by atoms with Crippen LogP contribution in [0.5, 0.6) is 5.75 Å². The Balaban J connectivity index is 2.22. The number of nitrogens with one attached hydrogen (secondary N) is 1. The smallest absolute Gasteiger partial charge is 0.291 e. The highest BCUT2D eigenvalue weighted by Crippen LogP contribution is 2.29. The van der Waals surface area contributed by atoms with Crippen molar-refractivity contribution < 1.29 is 13.9 Å². The van der Waals surface area contributed by atoms with Gasteiger partial charge in [0.25, 0.3) is 5.91 Å². The van der Waals surface area contributed by atoms with Crippen molar-refractivity contribution in [3.63, 3.8) is 0 Å². The summed E-state index contributed by atoms with van der Waals surface area (Å²) in [7, 11) is 1.50. The van der Waals surface area contributed by atoms with E-state index in [1.807, 2.05) is 0 Å². The molecule has 0 bridgehead atoms. The maximum absolute atomic E-state index is 11.9. The zero-order chi connectivity index (χ0) is 15.2. The predicted octanol–water partition coefficient (Wildman–Crippen LogP) is 2.77. The molecule has 0 radical (unpaired) electrons. The number of amidine groups is 1. The highest BCUT2D eigenvalue weighted by atomic mass is 35.5. The molecule has 1 aromatic carbocycles. The van der Waals surface area contributed by atoms with Gasteiger partial charge in [-0.2, -0.15) is 0 Å². The number of benzene rings is 1.